The molecule has 3 rings (SSSR count). The van der Waals surface area contributed by atoms with Gasteiger partial charge in [0.1, 0.15) is 5.82 Å². The molecule has 0 aliphatic carbocycles. The van der Waals surface area contributed by atoms with E-state index in [1.54, 1.807) is 12.1 Å². The Morgan fingerprint density at radius 3 is 2.39 bits per heavy atom. The van der Waals surface area contributed by atoms with Gasteiger partial charge in [-0.25, -0.2) is 4.39 Å². The maximum Gasteiger partial charge on any atom is 0.222 e. The molecule has 0 saturated carbocycles. The Morgan fingerprint density at radius 2 is 1.79 bits per heavy atom. The number of carbonyl (C=O) groups is 1. The maximum absolute atomic E-state index is 13.2. The molecule has 3 nitrogen and oxygen atoms in total. The van der Waals surface area contributed by atoms with Gasteiger partial charge in [-0.05, 0) is 42.1 Å². The smallest absolute Gasteiger partial charge is 0.222 e. The van der Waals surface area contributed by atoms with E-state index in [4.69, 9.17) is 27.3 Å². The molecule has 0 bridgehead atoms. The van der Waals surface area contributed by atoms with Gasteiger partial charge in [0, 0.05) is 43.3 Å². The first-order valence-electron chi connectivity index (χ1n) is 9.36. The van der Waals surface area contributed by atoms with Crippen molar-refractivity contribution < 1.29 is 9.18 Å². The summed E-state index contributed by atoms with van der Waals surface area (Å²) < 4.78 is 13.2. The second-order valence-electron chi connectivity index (χ2n) is 7.34. The van der Waals surface area contributed by atoms with Crippen LogP contribution in [0.2, 0.25) is 11.3 Å². The minimum absolute atomic E-state index is 0.0419. The number of nitrogens with zero attached hydrogens (tertiary/aromatic N) is 2. The van der Waals surface area contributed by atoms with Gasteiger partial charge in [-0.3, -0.25) is 4.79 Å². The molecule has 1 saturated heterocycles. The molecule has 1 amide bonds. The van der Waals surface area contributed by atoms with Crippen molar-refractivity contribution in [3.05, 3.63) is 64.4 Å². The van der Waals surface area contributed by atoms with Gasteiger partial charge < -0.3 is 9.80 Å². The lowest BCUT2D eigenvalue weighted by atomic mass is 9.56. The number of benzene rings is 2. The molecule has 142 valence electrons. The van der Waals surface area contributed by atoms with Crippen LogP contribution >= 0.6 is 11.6 Å². The van der Waals surface area contributed by atoms with E-state index >= 15 is 0 Å². The highest BCUT2D eigenvalue weighted by molar-refractivity contribution is 6.30. The summed E-state index contributed by atoms with van der Waals surface area (Å²) in [5.74, 6) is -0.387. The summed E-state index contributed by atoms with van der Waals surface area (Å²) in [7, 11) is 12.3. The SMILES string of the molecule is [B]C[C@@]([B])(CC(=O)N1CCN(c2cc(Cl)ccc2C)CC1)c1ccc(F)cc1. The first kappa shape index (κ1) is 20.8. The highest BCUT2D eigenvalue weighted by Gasteiger charge is 2.30. The Kier molecular flexibility index (Phi) is 6.39. The zero-order valence-corrected chi connectivity index (χ0v) is 16.8. The standard InChI is InChI=1S/C21H22B2ClFN2O/c1-15-2-5-17(24)12-19(15)26-8-10-27(11-9-26)20(28)13-21(23,14-22)16-3-6-18(25)7-4-16/h2-7,12H,8-11,13-14H2,1H3/t21-/m0/s1. The van der Waals surface area contributed by atoms with E-state index in [-0.39, 0.29) is 24.5 Å². The molecule has 1 fully saturated rings. The molecule has 0 unspecified atom stereocenters. The van der Waals surface area contributed by atoms with E-state index in [0.717, 1.165) is 24.3 Å². The van der Waals surface area contributed by atoms with Gasteiger partial charge in [0.25, 0.3) is 0 Å². The molecule has 0 N–H and O–H groups in total. The summed E-state index contributed by atoms with van der Waals surface area (Å²) in [6.45, 7) is 4.72. The molecule has 28 heavy (non-hydrogen) atoms. The lowest BCUT2D eigenvalue weighted by Gasteiger charge is -2.39. The Balaban J connectivity index is 1.64. The van der Waals surface area contributed by atoms with Crippen molar-refractivity contribution in [3.8, 4) is 0 Å². The first-order chi connectivity index (χ1) is 13.3. The van der Waals surface area contributed by atoms with Crippen LogP contribution in [0.5, 0.6) is 0 Å². The van der Waals surface area contributed by atoms with Crippen molar-refractivity contribution in [2.75, 3.05) is 31.1 Å². The van der Waals surface area contributed by atoms with Crippen LogP contribution in [-0.4, -0.2) is 52.7 Å². The summed E-state index contributed by atoms with van der Waals surface area (Å²) in [4.78, 5) is 16.9. The summed E-state index contributed by atoms with van der Waals surface area (Å²) in [5, 5.41) is -0.305. The van der Waals surface area contributed by atoms with Gasteiger partial charge >= 0.3 is 0 Å². The number of carbonyl (C=O) groups excluding carboxylic acids is 1. The fourth-order valence-electron chi connectivity index (χ4n) is 3.58. The maximum atomic E-state index is 13.2. The van der Waals surface area contributed by atoms with Crippen molar-refractivity contribution >= 4 is 38.9 Å². The van der Waals surface area contributed by atoms with Crippen molar-refractivity contribution in [2.24, 2.45) is 0 Å². The molecule has 1 aliphatic rings. The van der Waals surface area contributed by atoms with Gasteiger partial charge in [0.2, 0.25) is 5.91 Å². The molecule has 7 heteroatoms. The molecule has 2 aromatic carbocycles. The third kappa shape index (κ3) is 4.54. The van der Waals surface area contributed by atoms with Crippen molar-refractivity contribution in [3.63, 3.8) is 0 Å². The molecule has 4 radical (unpaired) electrons. The topological polar surface area (TPSA) is 23.6 Å². The third-order valence-corrected chi connectivity index (χ3v) is 5.63. The van der Waals surface area contributed by atoms with E-state index in [1.807, 2.05) is 23.1 Å². The average Bonchev–Trinajstić information content (AvgIpc) is 2.70. The number of anilines is 1. The summed E-state index contributed by atoms with van der Waals surface area (Å²) in [6, 6.07) is 11.7. The minimum atomic E-state index is -1.01. The number of piperazine rings is 1. The lowest BCUT2D eigenvalue weighted by Crippen LogP contribution is -2.50. The van der Waals surface area contributed by atoms with Crippen LogP contribution in [-0.2, 0) is 10.1 Å². The van der Waals surface area contributed by atoms with Crippen LogP contribution in [0.25, 0.3) is 0 Å². The van der Waals surface area contributed by atoms with Gasteiger partial charge in [0.05, 0.1) is 15.7 Å². The minimum Gasteiger partial charge on any atom is -0.368 e. The number of hydrogen-bond acceptors (Lipinski definition) is 2. The highest BCUT2D eigenvalue weighted by Crippen LogP contribution is 2.30. The van der Waals surface area contributed by atoms with Crippen LogP contribution in [0.1, 0.15) is 17.5 Å². The number of rotatable bonds is 5. The predicted molar refractivity (Wildman–Crippen MR) is 114 cm³/mol. The monoisotopic (exact) mass is 394 g/mol. The zero-order chi connectivity index (χ0) is 20.3. The summed E-state index contributed by atoms with van der Waals surface area (Å²) in [5.41, 5.74) is 2.92. The molecule has 1 aliphatic heterocycles. The molecule has 1 atom stereocenters. The van der Waals surface area contributed by atoms with Gasteiger partial charge in [-0.1, -0.05) is 41.7 Å². The second kappa shape index (κ2) is 8.60. The highest BCUT2D eigenvalue weighted by atomic mass is 35.5. The number of halogens is 2. The van der Waals surface area contributed by atoms with Crippen LogP contribution in [0, 0.1) is 12.7 Å². The molecule has 1 heterocycles. The van der Waals surface area contributed by atoms with Gasteiger partial charge in [0.15, 0.2) is 0 Å². The molecule has 2 aromatic rings. The molecule has 0 spiro atoms. The van der Waals surface area contributed by atoms with Crippen LogP contribution in [0.3, 0.4) is 0 Å². The van der Waals surface area contributed by atoms with E-state index in [2.05, 4.69) is 11.8 Å². The van der Waals surface area contributed by atoms with E-state index in [1.165, 1.54) is 12.1 Å². The first-order valence-corrected chi connectivity index (χ1v) is 9.74. The van der Waals surface area contributed by atoms with Crippen molar-refractivity contribution in [1.29, 1.82) is 0 Å². The van der Waals surface area contributed by atoms with Crippen molar-refractivity contribution in [2.45, 2.75) is 25.0 Å². The number of aryl methyl sites for hydroxylation is 1. The normalized spacial score (nSPS) is 16.7. The van der Waals surface area contributed by atoms with E-state index in [0.29, 0.717) is 23.7 Å². The van der Waals surface area contributed by atoms with Crippen LogP contribution in [0.4, 0.5) is 10.1 Å². The van der Waals surface area contributed by atoms with Crippen LogP contribution < -0.4 is 4.90 Å². The van der Waals surface area contributed by atoms with E-state index < -0.39 is 5.31 Å². The van der Waals surface area contributed by atoms with Crippen molar-refractivity contribution in [1.82, 2.24) is 4.90 Å². The molecular weight excluding hydrogens is 372 g/mol. The summed E-state index contributed by atoms with van der Waals surface area (Å²) in [6.07, 6.45) is 0.192. The third-order valence-electron chi connectivity index (χ3n) is 5.39. The Morgan fingerprint density at radius 1 is 1.14 bits per heavy atom. The number of amides is 1. The fraction of sp³-hybridized carbons (Fsp3) is 0.381. The molecular formula is C21H22B2ClFN2O. The van der Waals surface area contributed by atoms with Crippen LogP contribution in [0.15, 0.2) is 42.5 Å². The van der Waals surface area contributed by atoms with Gasteiger partial charge in [-0.2, -0.15) is 0 Å². The second-order valence-corrected chi connectivity index (χ2v) is 7.78. The van der Waals surface area contributed by atoms with Gasteiger partial charge in [-0.15, -0.1) is 0 Å². The predicted octanol–water partition coefficient (Wildman–Crippen LogP) is 3.48. The number of hydrogen-bond donors (Lipinski definition) is 0. The Hall–Kier alpha value is -1.94. The average molecular weight is 394 g/mol. The Bertz CT molecular complexity index is 841. The molecule has 0 aromatic heterocycles. The quantitative estimate of drug-likeness (QED) is 0.725. The largest absolute Gasteiger partial charge is 0.368 e. The van der Waals surface area contributed by atoms with E-state index in [9.17, 15) is 9.18 Å². The fourth-order valence-corrected chi connectivity index (χ4v) is 3.74. The lowest BCUT2D eigenvalue weighted by molar-refractivity contribution is -0.132. The Labute approximate surface area is 173 Å². The zero-order valence-electron chi connectivity index (χ0n) is 16.0. The summed E-state index contributed by atoms with van der Waals surface area (Å²) >= 11 is 6.13.